The molecule has 0 radical (unpaired) electrons. The van der Waals surface area contributed by atoms with E-state index in [9.17, 15) is 8.42 Å². The lowest BCUT2D eigenvalue weighted by atomic mass is 10.1. The highest BCUT2D eigenvalue weighted by Gasteiger charge is 2.26. The molecule has 150 valence electrons. The summed E-state index contributed by atoms with van der Waals surface area (Å²) in [6.45, 7) is 1.80. The van der Waals surface area contributed by atoms with E-state index < -0.39 is 10.0 Å². The van der Waals surface area contributed by atoms with Gasteiger partial charge in [0.25, 0.3) is 0 Å². The summed E-state index contributed by atoms with van der Waals surface area (Å²) in [6, 6.07) is 15.6. The van der Waals surface area contributed by atoms with E-state index in [1.807, 2.05) is 18.3 Å². The van der Waals surface area contributed by atoms with E-state index in [-0.39, 0.29) is 4.90 Å². The van der Waals surface area contributed by atoms with Crippen LogP contribution in [-0.2, 0) is 16.6 Å². The molecule has 0 aliphatic carbocycles. The zero-order valence-electron chi connectivity index (χ0n) is 16.2. The minimum absolute atomic E-state index is 0.255. The van der Waals surface area contributed by atoms with Crippen LogP contribution in [0.2, 0.25) is 0 Å². The number of aromatic nitrogens is 2. The number of rotatable bonds is 6. The van der Waals surface area contributed by atoms with E-state index >= 15 is 0 Å². The topological polar surface area (TPSA) is 75.2 Å². The van der Waals surface area contributed by atoms with E-state index in [0.717, 1.165) is 36.0 Å². The van der Waals surface area contributed by atoms with Gasteiger partial charge in [0.15, 0.2) is 0 Å². The molecule has 3 aromatic rings. The molecule has 4 rings (SSSR count). The lowest BCUT2D eigenvalue weighted by Gasteiger charge is -2.25. The Balaban J connectivity index is 1.38. The molecule has 2 aromatic heterocycles. The van der Waals surface area contributed by atoms with Crippen molar-refractivity contribution >= 4 is 15.8 Å². The van der Waals surface area contributed by atoms with Gasteiger partial charge in [-0.05, 0) is 47.7 Å². The molecule has 0 atom stereocenters. The second kappa shape index (κ2) is 8.71. The fourth-order valence-electron chi connectivity index (χ4n) is 3.43. The average Bonchev–Trinajstić information content (AvgIpc) is 2.79. The Morgan fingerprint density at radius 3 is 2.34 bits per heavy atom. The van der Waals surface area contributed by atoms with Crippen molar-refractivity contribution in [2.45, 2.75) is 30.7 Å². The van der Waals surface area contributed by atoms with Crippen LogP contribution in [0.1, 0.15) is 24.8 Å². The molecule has 1 saturated heterocycles. The Hall–Kier alpha value is -2.77. The number of nitrogens with one attached hydrogen (secondary N) is 1. The molecule has 1 aliphatic rings. The number of anilines is 1. The van der Waals surface area contributed by atoms with E-state index in [4.69, 9.17) is 0 Å². The van der Waals surface area contributed by atoms with Crippen molar-refractivity contribution in [1.82, 2.24) is 14.3 Å². The highest BCUT2D eigenvalue weighted by atomic mass is 32.2. The molecule has 7 heteroatoms. The van der Waals surface area contributed by atoms with Crippen LogP contribution in [0, 0.1) is 0 Å². The molecule has 0 bridgehead atoms. The summed E-state index contributed by atoms with van der Waals surface area (Å²) in [5.41, 5.74) is 3.32. The lowest BCUT2D eigenvalue weighted by Crippen LogP contribution is -2.35. The predicted molar refractivity (Wildman–Crippen MR) is 114 cm³/mol. The molecular formula is C22H24N4O2S. The minimum atomic E-state index is -3.44. The van der Waals surface area contributed by atoms with Crippen molar-refractivity contribution in [3.05, 3.63) is 72.7 Å². The largest absolute Gasteiger partial charge is 0.366 e. The molecule has 0 unspecified atom stereocenters. The van der Waals surface area contributed by atoms with Gasteiger partial charge in [0, 0.05) is 38.2 Å². The Labute approximate surface area is 171 Å². The highest BCUT2D eigenvalue weighted by molar-refractivity contribution is 7.89. The Kier molecular flexibility index (Phi) is 5.87. The van der Waals surface area contributed by atoms with Crippen molar-refractivity contribution in [2.24, 2.45) is 0 Å². The molecule has 6 nitrogen and oxygen atoms in total. The number of piperidine rings is 1. The maximum absolute atomic E-state index is 12.7. The standard InChI is InChI=1S/C22H24N4O2S/c27-29(28,26-13-2-1-3-14-26)21-10-11-22(25-17-21)24-15-18-6-8-19(9-7-18)20-5-4-12-23-16-20/h4-12,16-17H,1-3,13-15H2,(H,24,25). The first-order valence-corrected chi connectivity index (χ1v) is 11.3. The summed E-state index contributed by atoms with van der Waals surface area (Å²) in [6.07, 6.45) is 7.99. The third-order valence-corrected chi connectivity index (χ3v) is 6.99. The summed E-state index contributed by atoms with van der Waals surface area (Å²) in [7, 11) is -3.44. The van der Waals surface area contributed by atoms with Crippen LogP contribution in [0.5, 0.6) is 0 Å². The van der Waals surface area contributed by atoms with Crippen LogP contribution in [0.25, 0.3) is 11.1 Å². The quantitative estimate of drug-likeness (QED) is 0.669. The van der Waals surface area contributed by atoms with Crippen molar-refractivity contribution in [2.75, 3.05) is 18.4 Å². The third-order valence-electron chi connectivity index (χ3n) is 5.11. The smallest absolute Gasteiger partial charge is 0.244 e. The molecule has 0 spiro atoms. The first kappa shape index (κ1) is 19.5. The summed E-state index contributed by atoms with van der Waals surface area (Å²) in [4.78, 5) is 8.70. The first-order valence-electron chi connectivity index (χ1n) is 9.82. The first-order chi connectivity index (χ1) is 14.1. The highest BCUT2D eigenvalue weighted by Crippen LogP contribution is 2.21. The van der Waals surface area contributed by atoms with Crippen LogP contribution in [0.15, 0.2) is 72.0 Å². The van der Waals surface area contributed by atoms with Gasteiger partial charge in [0.1, 0.15) is 10.7 Å². The minimum Gasteiger partial charge on any atom is -0.366 e. The second-order valence-electron chi connectivity index (χ2n) is 7.14. The van der Waals surface area contributed by atoms with Crippen molar-refractivity contribution in [1.29, 1.82) is 0 Å². The number of pyridine rings is 2. The van der Waals surface area contributed by atoms with E-state index in [1.165, 1.54) is 6.20 Å². The number of hydrogen-bond acceptors (Lipinski definition) is 5. The fraction of sp³-hybridized carbons (Fsp3) is 0.273. The van der Waals surface area contributed by atoms with E-state index in [1.54, 1.807) is 22.6 Å². The Bertz CT molecular complexity index is 1030. The van der Waals surface area contributed by atoms with Gasteiger partial charge in [-0.15, -0.1) is 0 Å². The molecule has 1 N–H and O–H groups in total. The zero-order chi connectivity index (χ0) is 20.1. The van der Waals surface area contributed by atoms with Crippen LogP contribution in [0.3, 0.4) is 0 Å². The van der Waals surface area contributed by atoms with Crippen molar-refractivity contribution in [3.63, 3.8) is 0 Å². The fourth-order valence-corrected chi connectivity index (χ4v) is 4.90. The molecule has 0 amide bonds. The van der Waals surface area contributed by atoms with Crippen LogP contribution in [-0.4, -0.2) is 35.8 Å². The van der Waals surface area contributed by atoms with Gasteiger partial charge in [0.2, 0.25) is 10.0 Å². The van der Waals surface area contributed by atoms with Crippen molar-refractivity contribution < 1.29 is 8.42 Å². The summed E-state index contributed by atoms with van der Waals surface area (Å²) in [5.74, 6) is 0.652. The van der Waals surface area contributed by atoms with Crippen LogP contribution in [0.4, 0.5) is 5.82 Å². The Morgan fingerprint density at radius 1 is 0.897 bits per heavy atom. The van der Waals surface area contributed by atoms with Crippen LogP contribution < -0.4 is 5.32 Å². The van der Waals surface area contributed by atoms with Gasteiger partial charge in [-0.1, -0.05) is 36.8 Å². The Morgan fingerprint density at radius 2 is 1.69 bits per heavy atom. The van der Waals surface area contributed by atoms with Crippen molar-refractivity contribution in [3.8, 4) is 11.1 Å². The number of hydrogen-bond donors (Lipinski definition) is 1. The number of nitrogens with zero attached hydrogens (tertiary/aromatic N) is 3. The number of sulfonamides is 1. The van der Waals surface area contributed by atoms with Gasteiger partial charge in [-0.3, -0.25) is 4.98 Å². The van der Waals surface area contributed by atoms with E-state index in [2.05, 4.69) is 39.6 Å². The summed E-state index contributed by atoms with van der Waals surface area (Å²) in [5, 5.41) is 3.25. The second-order valence-corrected chi connectivity index (χ2v) is 9.07. The lowest BCUT2D eigenvalue weighted by molar-refractivity contribution is 0.346. The van der Waals surface area contributed by atoms with Gasteiger partial charge in [-0.2, -0.15) is 4.31 Å². The van der Waals surface area contributed by atoms with Gasteiger partial charge >= 0.3 is 0 Å². The SMILES string of the molecule is O=S(=O)(c1ccc(NCc2ccc(-c3cccnc3)cc2)nc1)N1CCCCC1. The maximum Gasteiger partial charge on any atom is 0.244 e. The molecule has 1 aromatic carbocycles. The molecular weight excluding hydrogens is 384 g/mol. The molecule has 1 fully saturated rings. The summed E-state index contributed by atoms with van der Waals surface area (Å²) >= 11 is 0. The van der Waals surface area contributed by atoms with Gasteiger partial charge in [0.05, 0.1) is 0 Å². The average molecular weight is 409 g/mol. The van der Waals surface area contributed by atoms with Gasteiger partial charge in [-0.25, -0.2) is 13.4 Å². The maximum atomic E-state index is 12.7. The normalized spacial score (nSPS) is 15.2. The summed E-state index contributed by atoms with van der Waals surface area (Å²) < 4.78 is 26.9. The molecule has 3 heterocycles. The van der Waals surface area contributed by atoms with Gasteiger partial charge < -0.3 is 5.32 Å². The van der Waals surface area contributed by atoms with Crippen LogP contribution >= 0.6 is 0 Å². The predicted octanol–water partition coefficient (Wildman–Crippen LogP) is 3.93. The molecule has 1 aliphatic heterocycles. The molecule has 0 saturated carbocycles. The monoisotopic (exact) mass is 408 g/mol. The third kappa shape index (κ3) is 4.63. The molecule has 29 heavy (non-hydrogen) atoms. The number of benzene rings is 1. The van der Waals surface area contributed by atoms with E-state index in [0.29, 0.717) is 25.5 Å². The zero-order valence-corrected chi connectivity index (χ0v) is 17.0.